The Labute approximate surface area is 83.4 Å². The third-order valence-corrected chi connectivity index (χ3v) is 1.96. The van der Waals surface area contributed by atoms with Gasteiger partial charge in [-0.3, -0.25) is 4.98 Å². The second-order valence-electron chi connectivity index (χ2n) is 2.85. The van der Waals surface area contributed by atoms with Gasteiger partial charge in [-0.15, -0.1) is 11.6 Å². The number of aromatic nitrogens is 1. The van der Waals surface area contributed by atoms with Crippen molar-refractivity contribution in [2.75, 3.05) is 11.6 Å². The molecule has 2 nitrogen and oxygen atoms in total. The van der Waals surface area contributed by atoms with Crippen LogP contribution in [0.15, 0.2) is 18.3 Å². The maximum atomic E-state index is 5.64. The normalized spacial score (nSPS) is 10.9. The highest BCUT2D eigenvalue weighted by molar-refractivity contribution is 6.17. The van der Waals surface area contributed by atoms with Gasteiger partial charge in [0, 0.05) is 5.88 Å². The monoisotopic (exact) mass is 196 g/mol. The predicted octanol–water partition coefficient (Wildman–Crippen LogP) is 2.61. The fraction of sp³-hybridized carbons (Fsp3) is 0.300. The van der Waals surface area contributed by atoms with E-state index in [1.165, 1.54) is 0 Å². The van der Waals surface area contributed by atoms with Gasteiger partial charge in [-0.2, -0.15) is 0 Å². The maximum Gasteiger partial charge on any atom is 0.0630 e. The number of allylic oxidation sites excluding steroid dienone is 1. The molecule has 1 heterocycles. The van der Waals surface area contributed by atoms with Crippen LogP contribution in [-0.4, -0.2) is 10.9 Å². The van der Waals surface area contributed by atoms with Crippen molar-refractivity contribution in [3.05, 3.63) is 29.6 Å². The van der Waals surface area contributed by atoms with Crippen LogP contribution in [-0.2, 0) is 0 Å². The van der Waals surface area contributed by atoms with Gasteiger partial charge in [0.1, 0.15) is 0 Å². The van der Waals surface area contributed by atoms with E-state index in [0.29, 0.717) is 5.88 Å². The molecule has 0 bridgehead atoms. The summed E-state index contributed by atoms with van der Waals surface area (Å²) in [5.41, 5.74) is 8.35. The number of aryl methyl sites for hydroxylation is 1. The minimum absolute atomic E-state index is 0.643. The number of hydrogen-bond donors (Lipinski definition) is 1. The summed E-state index contributed by atoms with van der Waals surface area (Å²) in [7, 11) is 0. The van der Waals surface area contributed by atoms with Crippen LogP contribution in [0.3, 0.4) is 0 Å². The minimum Gasteiger partial charge on any atom is -0.397 e. The van der Waals surface area contributed by atoms with E-state index in [4.69, 9.17) is 17.3 Å². The lowest BCUT2D eigenvalue weighted by atomic mass is 10.2. The van der Waals surface area contributed by atoms with E-state index in [1.807, 2.05) is 25.1 Å². The second-order valence-corrected chi connectivity index (χ2v) is 3.22. The lowest BCUT2D eigenvalue weighted by Gasteiger charge is -1.99. The van der Waals surface area contributed by atoms with Crippen LogP contribution >= 0.6 is 11.6 Å². The van der Waals surface area contributed by atoms with Gasteiger partial charge in [0.25, 0.3) is 0 Å². The molecule has 0 radical (unpaired) electrons. The molecular weight excluding hydrogens is 184 g/mol. The molecule has 0 aliphatic heterocycles. The number of pyridine rings is 1. The molecule has 2 N–H and O–H groups in total. The molecule has 0 aliphatic carbocycles. The van der Waals surface area contributed by atoms with Crippen LogP contribution in [0.4, 0.5) is 5.69 Å². The van der Waals surface area contributed by atoms with Gasteiger partial charge in [-0.25, -0.2) is 0 Å². The molecular formula is C10H13ClN2. The lowest BCUT2D eigenvalue weighted by molar-refractivity contribution is 1.22. The summed E-state index contributed by atoms with van der Waals surface area (Å²) in [5, 5.41) is 0. The molecule has 1 rings (SSSR count). The number of hydrogen-bond acceptors (Lipinski definition) is 2. The number of halogens is 1. The third-order valence-electron chi connectivity index (χ3n) is 1.74. The molecule has 1 aromatic heterocycles. The number of alkyl halides is 1. The van der Waals surface area contributed by atoms with Crippen LogP contribution in [0.25, 0.3) is 6.08 Å². The Balaban J connectivity index is 2.73. The Morgan fingerprint density at radius 1 is 1.62 bits per heavy atom. The predicted molar refractivity (Wildman–Crippen MR) is 57.8 cm³/mol. The first-order valence-electron chi connectivity index (χ1n) is 4.18. The van der Waals surface area contributed by atoms with E-state index < -0.39 is 0 Å². The average Bonchev–Trinajstić information content (AvgIpc) is 2.12. The molecule has 3 heteroatoms. The number of rotatable bonds is 3. The second kappa shape index (κ2) is 4.87. The van der Waals surface area contributed by atoms with Crippen LogP contribution in [0.2, 0.25) is 0 Å². The topological polar surface area (TPSA) is 38.9 Å². The van der Waals surface area contributed by atoms with Crippen molar-refractivity contribution in [1.82, 2.24) is 4.98 Å². The summed E-state index contributed by atoms with van der Waals surface area (Å²) >= 11 is 5.53. The number of nitrogens with zero attached hydrogens (tertiary/aromatic N) is 1. The highest BCUT2D eigenvalue weighted by Gasteiger charge is 1.93. The molecule has 70 valence electrons. The maximum absolute atomic E-state index is 5.64. The first kappa shape index (κ1) is 10.1. The number of nitrogen functional groups attached to an aromatic ring is 1. The highest BCUT2D eigenvalue weighted by atomic mass is 35.5. The van der Waals surface area contributed by atoms with E-state index in [0.717, 1.165) is 23.4 Å². The smallest absolute Gasteiger partial charge is 0.0630 e. The molecule has 0 aliphatic rings. The summed E-state index contributed by atoms with van der Waals surface area (Å²) < 4.78 is 0. The van der Waals surface area contributed by atoms with Crippen molar-refractivity contribution in [2.45, 2.75) is 13.3 Å². The third kappa shape index (κ3) is 3.07. The Kier molecular flexibility index (Phi) is 3.77. The van der Waals surface area contributed by atoms with Gasteiger partial charge in [0.2, 0.25) is 0 Å². The van der Waals surface area contributed by atoms with Crippen molar-refractivity contribution in [3.63, 3.8) is 0 Å². The zero-order valence-corrected chi connectivity index (χ0v) is 8.38. The molecule has 0 amide bonds. The number of nitrogens with two attached hydrogens (primary N) is 1. The summed E-state index contributed by atoms with van der Waals surface area (Å²) in [4.78, 5) is 4.16. The fourth-order valence-electron chi connectivity index (χ4n) is 0.947. The molecule has 0 unspecified atom stereocenters. The summed E-state index contributed by atoms with van der Waals surface area (Å²) in [6.07, 6.45) is 6.50. The van der Waals surface area contributed by atoms with Gasteiger partial charge < -0.3 is 5.73 Å². The fourth-order valence-corrected chi connectivity index (χ4v) is 1.07. The largest absolute Gasteiger partial charge is 0.397 e. The number of anilines is 1. The Morgan fingerprint density at radius 2 is 2.38 bits per heavy atom. The van der Waals surface area contributed by atoms with Crippen molar-refractivity contribution < 1.29 is 0 Å². The van der Waals surface area contributed by atoms with Crippen LogP contribution < -0.4 is 5.73 Å². The summed E-state index contributed by atoms with van der Waals surface area (Å²) in [6, 6.07) is 1.96. The van der Waals surface area contributed by atoms with Crippen molar-refractivity contribution in [2.24, 2.45) is 0 Å². The van der Waals surface area contributed by atoms with Crippen LogP contribution in [0.1, 0.15) is 17.7 Å². The van der Waals surface area contributed by atoms with Crippen molar-refractivity contribution >= 4 is 23.4 Å². The van der Waals surface area contributed by atoms with E-state index in [1.54, 1.807) is 6.20 Å². The molecule has 13 heavy (non-hydrogen) atoms. The zero-order chi connectivity index (χ0) is 9.68. The average molecular weight is 197 g/mol. The molecule has 0 saturated carbocycles. The van der Waals surface area contributed by atoms with E-state index >= 15 is 0 Å². The molecule has 0 atom stereocenters. The van der Waals surface area contributed by atoms with E-state index in [-0.39, 0.29) is 0 Å². The van der Waals surface area contributed by atoms with Gasteiger partial charge in [-0.1, -0.05) is 6.08 Å². The van der Waals surface area contributed by atoms with Gasteiger partial charge >= 0.3 is 0 Å². The molecule has 0 saturated heterocycles. The molecule has 0 spiro atoms. The molecule has 0 fully saturated rings. The standard InChI is InChI=1S/C10H13ClN2/c1-8-6-9(4-2-3-5-11)13-7-10(8)12/h2,4,6-7H,3,5,12H2,1H3. The Bertz CT molecular complexity index is 308. The lowest BCUT2D eigenvalue weighted by Crippen LogP contribution is -1.92. The van der Waals surface area contributed by atoms with Gasteiger partial charge in [0.15, 0.2) is 0 Å². The van der Waals surface area contributed by atoms with Crippen molar-refractivity contribution in [3.8, 4) is 0 Å². The highest BCUT2D eigenvalue weighted by Crippen LogP contribution is 2.10. The SMILES string of the molecule is Cc1cc(C=CCCCl)ncc1N. The van der Waals surface area contributed by atoms with Gasteiger partial charge in [0.05, 0.1) is 17.6 Å². The minimum atomic E-state index is 0.643. The van der Waals surface area contributed by atoms with Crippen molar-refractivity contribution in [1.29, 1.82) is 0 Å². The quantitative estimate of drug-likeness (QED) is 0.755. The first-order chi connectivity index (χ1) is 6.24. The zero-order valence-electron chi connectivity index (χ0n) is 7.63. The van der Waals surface area contributed by atoms with E-state index in [9.17, 15) is 0 Å². The summed E-state index contributed by atoms with van der Waals surface area (Å²) in [6.45, 7) is 1.97. The summed E-state index contributed by atoms with van der Waals surface area (Å²) in [5.74, 6) is 0.643. The Hall–Kier alpha value is -1.02. The van der Waals surface area contributed by atoms with Crippen LogP contribution in [0, 0.1) is 6.92 Å². The molecule has 0 aromatic carbocycles. The van der Waals surface area contributed by atoms with Gasteiger partial charge in [-0.05, 0) is 31.1 Å². The Morgan fingerprint density at radius 3 is 3.00 bits per heavy atom. The first-order valence-corrected chi connectivity index (χ1v) is 4.72. The molecule has 1 aromatic rings. The van der Waals surface area contributed by atoms with E-state index in [2.05, 4.69) is 4.98 Å². The van der Waals surface area contributed by atoms with Crippen LogP contribution in [0.5, 0.6) is 0 Å².